The highest BCUT2D eigenvalue weighted by Crippen LogP contribution is 2.19. The van der Waals surface area contributed by atoms with Crippen molar-refractivity contribution < 1.29 is 9.90 Å². The largest absolute Gasteiger partial charge is 0.393 e. The molecule has 3 rings (SSSR count). The van der Waals surface area contributed by atoms with Crippen molar-refractivity contribution >= 4 is 27.5 Å². The van der Waals surface area contributed by atoms with Gasteiger partial charge in [-0.1, -0.05) is 46.3 Å². The molecule has 2 N–H and O–H groups in total. The molecule has 1 amide bonds. The fourth-order valence-corrected chi connectivity index (χ4v) is 3.45. The Hall–Kier alpha value is -1.69. The Morgan fingerprint density at radius 2 is 1.76 bits per heavy atom. The van der Waals surface area contributed by atoms with Crippen molar-refractivity contribution in [2.75, 3.05) is 18.4 Å². The molecule has 1 saturated heterocycles. The zero-order chi connectivity index (χ0) is 17.6. The van der Waals surface area contributed by atoms with Crippen LogP contribution in [0.1, 0.15) is 18.4 Å². The highest BCUT2D eigenvalue weighted by Gasteiger charge is 2.29. The molecule has 1 atom stereocenters. The Morgan fingerprint density at radius 3 is 2.40 bits per heavy atom. The van der Waals surface area contributed by atoms with Gasteiger partial charge >= 0.3 is 0 Å². The quantitative estimate of drug-likeness (QED) is 0.804. The molecule has 0 bridgehead atoms. The molecule has 1 aliphatic rings. The maximum Gasteiger partial charge on any atom is 0.242 e. The van der Waals surface area contributed by atoms with E-state index in [2.05, 4.69) is 38.3 Å². The monoisotopic (exact) mass is 402 g/mol. The summed E-state index contributed by atoms with van der Waals surface area (Å²) in [5.41, 5.74) is 1.94. The summed E-state index contributed by atoms with van der Waals surface area (Å²) in [6.45, 7) is 1.48. The fourth-order valence-electron chi connectivity index (χ4n) is 3.18. The summed E-state index contributed by atoms with van der Waals surface area (Å²) in [7, 11) is 0. The second-order valence-corrected chi connectivity index (χ2v) is 7.38. The number of halogens is 1. The number of likely N-dealkylation sites (tertiary alicyclic amines) is 1. The number of rotatable bonds is 5. The lowest BCUT2D eigenvalue weighted by Crippen LogP contribution is -2.49. The van der Waals surface area contributed by atoms with E-state index in [-0.39, 0.29) is 18.1 Å². The number of hydrogen-bond acceptors (Lipinski definition) is 3. The van der Waals surface area contributed by atoms with Gasteiger partial charge in [0.25, 0.3) is 0 Å². The predicted molar refractivity (Wildman–Crippen MR) is 104 cm³/mol. The van der Waals surface area contributed by atoms with E-state index in [1.54, 1.807) is 0 Å². The molecule has 0 aliphatic carbocycles. The minimum Gasteiger partial charge on any atom is -0.393 e. The van der Waals surface area contributed by atoms with E-state index in [1.807, 2.05) is 42.5 Å². The van der Waals surface area contributed by atoms with Crippen LogP contribution in [0.5, 0.6) is 0 Å². The summed E-state index contributed by atoms with van der Waals surface area (Å²) >= 11 is 3.41. The van der Waals surface area contributed by atoms with Crippen molar-refractivity contribution in [1.29, 1.82) is 0 Å². The van der Waals surface area contributed by atoms with Crippen molar-refractivity contribution in [3.05, 3.63) is 64.6 Å². The molecule has 0 spiro atoms. The number of carbonyl (C=O) groups is 1. The number of aliphatic hydroxyl groups is 1. The average molecular weight is 403 g/mol. The first-order chi connectivity index (χ1) is 12.1. The van der Waals surface area contributed by atoms with Crippen LogP contribution in [0.15, 0.2) is 59.1 Å². The van der Waals surface area contributed by atoms with Gasteiger partial charge in [-0.2, -0.15) is 0 Å². The third kappa shape index (κ3) is 5.14. The standard InChI is InChI=1S/C20H23BrN2O2/c21-16-6-8-17(9-7-16)22-20(25)19(14-15-4-2-1-3-5-15)23-12-10-18(24)11-13-23/h1-9,18-19,24H,10-14H2,(H,22,25). The Kier molecular flexibility index (Phi) is 6.24. The van der Waals surface area contributed by atoms with Crippen LogP contribution in [0.25, 0.3) is 0 Å². The van der Waals surface area contributed by atoms with Gasteiger partial charge in [-0.15, -0.1) is 0 Å². The van der Waals surface area contributed by atoms with E-state index in [4.69, 9.17) is 0 Å². The molecule has 0 saturated carbocycles. The number of aliphatic hydroxyl groups excluding tert-OH is 1. The van der Waals surface area contributed by atoms with Gasteiger partial charge in [0.2, 0.25) is 5.91 Å². The lowest BCUT2D eigenvalue weighted by molar-refractivity contribution is -0.122. The summed E-state index contributed by atoms with van der Waals surface area (Å²) in [4.78, 5) is 15.1. The molecular formula is C20H23BrN2O2. The maximum absolute atomic E-state index is 13.0. The Balaban J connectivity index is 1.74. The van der Waals surface area contributed by atoms with E-state index in [0.29, 0.717) is 6.42 Å². The molecule has 0 radical (unpaired) electrons. The van der Waals surface area contributed by atoms with Gasteiger partial charge in [0, 0.05) is 23.2 Å². The molecule has 25 heavy (non-hydrogen) atoms. The van der Waals surface area contributed by atoms with Crippen LogP contribution in [-0.4, -0.2) is 41.1 Å². The lowest BCUT2D eigenvalue weighted by atomic mass is 9.99. The number of benzene rings is 2. The third-order valence-corrected chi connectivity index (χ3v) is 5.15. The second kappa shape index (κ2) is 8.61. The van der Waals surface area contributed by atoms with E-state index in [1.165, 1.54) is 0 Å². The molecule has 1 fully saturated rings. The van der Waals surface area contributed by atoms with Gasteiger partial charge in [0.15, 0.2) is 0 Å². The minimum absolute atomic E-state index is 0.00238. The van der Waals surface area contributed by atoms with Crippen molar-refractivity contribution in [2.45, 2.75) is 31.4 Å². The number of carbonyl (C=O) groups excluding carboxylic acids is 1. The molecule has 1 aliphatic heterocycles. The van der Waals surface area contributed by atoms with Gasteiger partial charge < -0.3 is 10.4 Å². The Morgan fingerprint density at radius 1 is 1.12 bits per heavy atom. The number of hydrogen-bond donors (Lipinski definition) is 2. The fraction of sp³-hybridized carbons (Fsp3) is 0.350. The summed E-state index contributed by atoms with van der Waals surface area (Å²) < 4.78 is 0.983. The molecule has 1 unspecified atom stereocenters. The van der Waals surface area contributed by atoms with E-state index >= 15 is 0 Å². The Labute approximate surface area is 157 Å². The smallest absolute Gasteiger partial charge is 0.242 e. The van der Waals surface area contributed by atoms with Crippen molar-refractivity contribution in [1.82, 2.24) is 4.90 Å². The zero-order valence-electron chi connectivity index (χ0n) is 14.1. The van der Waals surface area contributed by atoms with Gasteiger partial charge in [0.1, 0.15) is 0 Å². The van der Waals surface area contributed by atoms with Gasteiger partial charge in [-0.3, -0.25) is 9.69 Å². The van der Waals surface area contributed by atoms with E-state index < -0.39 is 0 Å². The number of piperidine rings is 1. The first kappa shape index (κ1) is 18.1. The third-order valence-electron chi connectivity index (χ3n) is 4.63. The molecule has 2 aromatic rings. The van der Waals surface area contributed by atoms with Crippen molar-refractivity contribution in [2.24, 2.45) is 0 Å². The number of nitrogens with one attached hydrogen (secondary N) is 1. The summed E-state index contributed by atoms with van der Waals surface area (Å²) in [5.74, 6) is 0.00238. The van der Waals surface area contributed by atoms with E-state index in [9.17, 15) is 9.90 Å². The van der Waals surface area contributed by atoms with E-state index in [0.717, 1.165) is 41.7 Å². The van der Waals surface area contributed by atoms with Crippen molar-refractivity contribution in [3.8, 4) is 0 Å². The van der Waals surface area contributed by atoms with Crippen LogP contribution >= 0.6 is 15.9 Å². The average Bonchev–Trinajstić information content (AvgIpc) is 2.63. The van der Waals surface area contributed by atoms with Crippen LogP contribution in [0.3, 0.4) is 0 Å². The minimum atomic E-state index is -0.247. The summed E-state index contributed by atoms with van der Waals surface area (Å²) in [6, 6.07) is 17.5. The summed E-state index contributed by atoms with van der Waals surface area (Å²) in [6.07, 6.45) is 1.86. The number of anilines is 1. The van der Waals surface area contributed by atoms with Gasteiger partial charge in [0.05, 0.1) is 12.1 Å². The lowest BCUT2D eigenvalue weighted by Gasteiger charge is -2.35. The zero-order valence-corrected chi connectivity index (χ0v) is 15.7. The first-order valence-electron chi connectivity index (χ1n) is 8.64. The predicted octanol–water partition coefficient (Wildman–Crippen LogP) is 3.46. The second-order valence-electron chi connectivity index (χ2n) is 6.47. The van der Waals surface area contributed by atoms with Gasteiger partial charge in [-0.05, 0) is 49.1 Å². The van der Waals surface area contributed by atoms with Crippen molar-refractivity contribution in [3.63, 3.8) is 0 Å². The van der Waals surface area contributed by atoms with Crippen LogP contribution in [0.2, 0.25) is 0 Å². The normalized spacial score (nSPS) is 17.2. The van der Waals surface area contributed by atoms with Crippen LogP contribution in [0, 0.1) is 0 Å². The van der Waals surface area contributed by atoms with Crippen LogP contribution < -0.4 is 5.32 Å². The molecule has 4 nitrogen and oxygen atoms in total. The first-order valence-corrected chi connectivity index (χ1v) is 9.43. The number of nitrogens with zero attached hydrogens (tertiary/aromatic N) is 1. The molecule has 2 aromatic carbocycles. The van der Waals surface area contributed by atoms with Crippen LogP contribution in [0.4, 0.5) is 5.69 Å². The highest BCUT2D eigenvalue weighted by molar-refractivity contribution is 9.10. The molecule has 5 heteroatoms. The summed E-state index contributed by atoms with van der Waals surface area (Å²) in [5, 5.41) is 12.8. The topological polar surface area (TPSA) is 52.6 Å². The molecule has 132 valence electrons. The Bertz CT molecular complexity index is 683. The molecule has 1 heterocycles. The molecular weight excluding hydrogens is 380 g/mol. The van der Waals surface area contributed by atoms with Crippen LogP contribution in [-0.2, 0) is 11.2 Å². The number of amides is 1. The SMILES string of the molecule is O=C(Nc1ccc(Br)cc1)C(Cc1ccccc1)N1CCC(O)CC1. The maximum atomic E-state index is 13.0. The molecule has 0 aromatic heterocycles. The van der Waals surface area contributed by atoms with Gasteiger partial charge in [-0.25, -0.2) is 0 Å². The highest BCUT2D eigenvalue weighted by atomic mass is 79.9.